The highest BCUT2D eigenvalue weighted by Crippen LogP contribution is 2.24. The summed E-state index contributed by atoms with van der Waals surface area (Å²) < 4.78 is 10.7. The first-order valence-corrected chi connectivity index (χ1v) is 5.99. The molecule has 0 fully saturated rings. The lowest BCUT2D eigenvalue weighted by Crippen LogP contribution is -2.11. The predicted molar refractivity (Wildman–Crippen MR) is 69.0 cm³/mol. The standard InChI is InChI=1S/C13H19NO4/c1-2-3-7-17-8-9-18-11-6-4-5-10(14)12(11)13(15)16/h4-6H,2-3,7-9,14H2,1H3,(H,15,16). The maximum atomic E-state index is 11.0. The molecule has 0 saturated heterocycles. The maximum Gasteiger partial charge on any atom is 0.341 e. The number of rotatable bonds is 8. The maximum absolute atomic E-state index is 11.0. The molecule has 0 unspecified atom stereocenters. The summed E-state index contributed by atoms with van der Waals surface area (Å²) in [7, 11) is 0. The average molecular weight is 253 g/mol. The molecule has 0 amide bonds. The molecule has 0 saturated carbocycles. The Bertz CT molecular complexity index is 393. The van der Waals surface area contributed by atoms with Crippen molar-refractivity contribution in [1.82, 2.24) is 0 Å². The van der Waals surface area contributed by atoms with Gasteiger partial charge in [-0.3, -0.25) is 0 Å². The first-order valence-electron chi connectivity index (χ1n) is 5.99. The highest BCUT2D eigenvalue weighted by atomic mass is 16.5. The number of benzene rings is 1. The van der Waals surface area contributed by atoms with Crippen LogP contribution in [0, 0.1) is 0 Å². The molecule has 1 aromatic rings. The van der Waals surface area contributed by atoms with Crippen molar-refractivity contribution < 1.29 is 19.4 Å². The molecule has 5 heteroatoms. The van der Waals surface area contributed by atoms with Gasteiger partial charge in [-0.15, -0.1) is 0 Å². The molecule has 18 heavy (non-hydrogen) atoms. The second-order valence-electron chi connectivity index (χ2n) is 3.84. The summed E-state index contributed by atoms with van der Waals surface area (Å²) in [5.74, 6) is -0.809. The molecule has 0 spiro atoms. The monoisotopic (exact) mass is 253 g/mol. The van der Waals surface area contributed by atoms with Crippen LogP contribution in [-0.4, -0.2) is 30.9 Å². The Morgan fingerprint density at radius 1 is 1.33 bits per heavy atom. The van der Waals surface area contributed by atoms with Crippen molar-refractivity contribution in [3.63, 3.8) is 0 Å². The van der Waals surface area contributed by atoms with E-state index in [4.69, 9.17) is 20.3 Å². The summed E-state index contributed by atoms with van der Waals surface area (Å²) in [5, 5.41) is 9.03. The van der Waals surface area contributed by atoms with Gasteiger partial charge in [0.2, 0.25) is 0 Å². The summed E-state index contributed by atoms with van der Waals surface area (Å²) in [5.41, 5.74) is 5.81. The third-order valence-corrected chi connectivity index (χ3v) is 2.40. The summed E-state index contributed by atoms with van der Waals surface area (Å²) in [6.07, 6.45) is 2.10. The fraction of sp³-hybridized carbons (Fsp3) is 0.462. The van der Waals surface area contributed by atoms with Crippen molar-refractivity contribution in [2.24, 2.45) is 0 Å². The van der Waals surface area contributed by atoms with Crippen LogP contribution in [0.3, 0.4) is 0 Å². The van der Waals surface area contributed by atoms with E-state index in [2.05, 4.69) is 6.92 Å². The van der Waals surface area contributed by atoms with Gasteiger partial charge >= 0.3 is 5.97 Å². The van der Waals surface area contributed by atoms with Crippen molar-refractivity contribution in [3.8, 4) is 5.75 Å². The van der Waals surface area contributed by atoms with Crippen LogP contribution in [0.5, 0.6) is 5.75 Å². The van der Waals surface area contributed by atoms with Gasteiger partial charge in [-0.2, -0.15) is 0 Å². The molecular formula is C13H19NO4. The molecule has 0 radical (unpaired) electrons. The van der Waals surface area contributed by atoms with Crippen molar-refractivity contribution in [2.75, 3.05) is 25.6 Å². The van der Waals surface area contributed by atoms with E-state index in [9.17, 15) is 4.79 Å². The SMILES string of the molecule is CCCCOCCOc1cccc(N)c1C(=O)O. The number of carboxylic acids is 1. The summed E-state index contributed by atoms with van der Waals surface area (Å²) in [4.78, 5) is 11.0. The molecule has 1 aromatic carbocycles. The number of hydrogen-bond donors (Lipinski definition) is 2. The fourth-order valence-corrected chi connectivity index (χ4v) is 1.46. The second kappa shape index (κ2) is 7.55. The van der Waals surface area contributed by atoms with E-state index in [-0.39, 0.29) is 17.0 Å². The van der Waals surface area contributed by atoms with Gasteiger partial charge in [-0.25, -0.2) is 4.79 Å². The molecule has 0 heterocycles. The van der Waals surface area contributed by atoms with Crippen LogP contribution in [0.2, 0.25) is 0 Å². The van der Waals surface area contributed by atoms with Crippen molar-refractivity contribution in [2.45, 2.75) is 19.8 Å². The van der Waals surface area contributed by atoms with Crippen LogP contribution >= 0.6 is 0 Å². The Kier molecular flexibility index (Phi) is 6.00. The van der Waals surface area contributed by atoms with E-state index in [0.29, 0.717) is 19.8 Å². The minimum absolute atomic E-state index is 0.00561. The summed E-state index contributed by atoms with van der Waals surface area (Å²) in [6.45, 7) is 3.54. The number of ether oxygens (including phenoxy) is 2. The molecule has 100 valence electrons. The molecule has 0 bridgehead atoms. The van der Waals surface area contributed by atoms with E-state index in [1.165, 1.54) is 6.07 Å². The van der Waals surface area contributed by atoms with Gasteiger partial charge in [0.25, 0.3) is 0 Å². The Morgan fingerprint density at radius 3 is 2.78 bits per heavy atom. The number of anilines is 1. The highest BCUT2D eigenvalue weighted by molar-refractivity contribution is 5.96. The minimum atomic E-state index is -1.09. The number of nitrogen functional groups attached to an aromatic ring is 1. The van der Waals surface area contributed by atoms with Crippen molar-refractivity contribution in [1.29, 1.82) is 0 Å². The van der Waals surface area contributed by atoms with E-state index in [1.807, 2.05) is 0 Å². The molecule has 3 N–H and O–H groups in total. The quantitative estimate of drug-likeness (QED) is 0.548. The van der Waals surface area contributed by atoms with Crippen LogP contribution < -0.4 is 10.5 Å². The van der Waals surface area contributed by atoms with Gasteiger partial charge < -0.3 is 20.3 Å². The molecule has 0 atom stereocenters. The van der Waals surface area contributed by atoms with Crippen molar-refractivity contribution in [3.05, 3.63) is 23.8 Å². The van der Waals surface area contributed by atoms with Gasteiger partial charge in [0.15, 0.2) is 0 Å². The topological polar surface area (TPSA) is 81.8 Å². The fourth-order valence-electron chi connectivity index (χ4n) is 1.46. The first-order chi connectivity index (χ1) is 8.66. The molecule has 0 aliphatic rings. The normalized spacial score (nSPS) is 10.3. The van der Waals surface area contributed by atoms with Crippen molar-refractivity contribution >= 4 is 11.7 Å². The van der Waals surface area contributed by atoms with Gasteiger partial charge in [0, 0.05) is 12.3 Å². The molecule has 5 nitrogen and oxygen atoms in total. The minimum Gasteiger partial charge on any atom is -0.490 e. The van der Waals surface area contributed by atoms with E-state index in [0.717, 1.165) is 12.8 Å². The highest BCUT2D eigenvalue weighted by Gasteiger charge is 2.14. The number of unbranched alkanes of at least 4 members (excludes halogenated alkanes) is 1. The van der Waals surface area contributed by atoms with Crippen LogP contribution in [0.1, 0.15) is 30.1 Å². The zero-order valence-corrected chi connectivity index (χ0v) is 10.5. The Balaban J connectivity index is 2.47. The van der Waals surface area contributed by atoms with Crippen LogP contribution in [0.15, 0.2) is 18.2 Å². The Labute approximate surface area is 107 Å². The van der Waals surface area contributed by atoms with E-state index >= 15 is 0 Å². The number of aromatic carboxylic acids is 1. The Morgan fingerprint density at radius 2 is 2.11 bits per heavy atom. The third-order valence-electron chi connectivity index (χ3n) is 2.40. The zero-order valence-electron chi connectivity index (χ0n) is 10.5. The van der Waals surface area contributed by atoms with E-state index < -0.39 is 5.97 Å². The number of nitrogens with two attached hydrogens (primary N) is 1. The zero-order chi connectivity index (χ0) is 13.4. The largest absolute Gasteiger partial charge is 0.490 e. The second-order valence-corrected chi connectivity index (χ2v) is 3.84. The third kappa shape index (κ3) is 4.25. The Hall–Kier alpha value is -1.75. The number of carboxylic acid groups (broad SMARTS) is 1. The van der Waals surface area contributed by atoms with Gasteiger partial charge in [0.05, 0.1) is 6.61 Å². The molecular weight excluding hydrogens is 234 g/mol. The number of carbonyl (C=O) groups is 1. The lowest BCUT2D eigenvalue weighted by molar-refractivity contribution is 0.0686. The lowest BCUT2D eigenvalue weighted by atomic mass is 10.1. The first kappa shape index (κ1) is 14.3. The lowest BCUT2D eigenvalue weighted by Gasteiger charge is -2.10. The number of hydrogen-bond acceptors (Lipinski definition) is 4. The van der Waals surface area contributed by atoms with Gasteiger partial charge in [0.1, 0.15) is 17.9 Å². The molecule has 0 aromatic heterocycles. The van der Waals surface area contributed by atoms with Crippen LogP contribution in [-0.2, 0) is 4.74 Å². The summed E-state index contributed by atoms with van der Waals surface area (Å²) >= 11 is 0. The average Bonchev–Trinajstić information content (AvgIpc) is 2.33. The molecule has 0 aliphatic carbocycles. The van der Waals surface area contributed by atoms with Crippen LogP contribution in [0.25, 0.3) is 0 Å². The molecule has 0 aliphatic heterocycles. The van der Waals surface area contributed by atoms with Gasteiger partial charge in [-0.1, -0.05) is 19.4 Å². The summed E-state index contributed by atoms with van der Waals surface area (Å²) in [6, 6.07) is 4.79. The smallest absolute Gasteiger partial charge is 0.341 e. The van der Waals surface area contributed by atoms with Crippen LogP contribution in [0.4, 0.5) is 5.69 Å². The molecule has 1 rings (SSSR count). The van der Waals surface area contributed by atoms with E-state index in [1.54, 1.807) is 12.1 Å². The predicted octanol–water partition coefficient (Wildman–Crippen LogP) is 2.16. The van der Waals surface area contributed by atoms with Gasteiger partial charge in [-0.05, 0) is 18.6 Å².